The number of nitrogens with one attached hydrogen (secondary N) is 1. The van der Waals surface area contributed by atoms with Crippen LogP contribution < -0.4 is 15.6 Å². The fraction of sp³-hybridized carbons (Fsp3) is 0.429. The maximum absolute atomic E-state index is 12.7. The fourth-order valence-electron chi connectivity index (χ4n) is 4.93. The molecule has 1 aliphatic heterocycles. The molecule has 0 saturated carbocycles. The molecule has 0 bridgehead atoms. The van der Waals surface area contributed by atoms with Gasteiger partial charge in [0.25, 0.3) is 5.56 Å². The van der Waals surface area contributed by atoms with E-state index in [1.54, 1.807) is 18.0 Å². The summed E-state index contributed by atoms with van der Waals surface area (Å²) in [6, 6.07) is 8.69. The minimum Gasteiger partial charge on any atom is -0.496 e. The molecule has 2 aliphatic rings. The van der Waals surface area contributed by atoms with Crippen LogP contribution >= 0.6 is 36.2 Å². The Kier molecular flexibility index (Phi) is 6.89. The zero-order chi connectivity index (χ0) is 18.4. The van der Waals surface area contributed by atoms with Crippen LogP contribution in [-0.2, 0) is 13.0 Å². The summed E-state index contributed by atoms with van der Waals surface area (Å²) < 4.78 is 7.36. The van der Waals surface area contributed by atoms with Crippen LogP contribution in [0.15, 0.2) is 40.8 Å². The molecule has 5 nitrogen and oxygen atoms in total. The van der Waals surface area contributed by atoms with Gasteiger partial charge in [-0.05, 0) is 60.4 Å². The number of thiophene rings is 1. The lowest BCUT2D eigenvalue weighted by Crippen LogP contribution is -2.31. The van der Waals surface area contributed by atoms with Gasteiger partial charge in [-0.3, -0.25) is 9.36 Å². The second-order valence-corrected chi connectivity index (χ2v) is 8.43. The molecule has 1 fully saturated rings. The topological polar surface area (TPSA) is 56.1 Å². The van der Waals surface area contributed by atoms with Gasteiger partial charge in [-0.15, -0.1) is 36.2 Å². The van der Waals surface area contributed by atoms with E-state index in [4.69, 9.17) is 4.74 Å². The highest BCUT2D eigenvalue weighted by atomic mass is 35.5. The summed E-state index contributed by atoms with van der Waals surface area (Å²) in [5.41, 5.74) is 2.87. The molecule has 3 atom stereocenters. The van der Waals surface area contributed by atoms with Crippen molar-refractivity contribution in [1.82, 2.24) is 14.9 Å². The quantitative estimate of drug-likeness (QED) is 0.647. The summed E-state index contributed by atoms with van der Waals surface area (Å²) >= 11 is 1.52. The number of ether oxygens (including phenoxy) is 1. The molecule has 1 unspecified atom stereocenters. The Morgan fingerprint density at radius 3 is 3.00 bits per heavy atom. The number of halogens is 2. The number of rotatable bonds is 4. The number of hydrogen-bond acceptors (Lipinski definition) is 5. The average molecular weight is 454 g/mol. The van der Waals surface area contributed by atoms with Crippen LogP contribution in [0.5, 0.6) is 5.75 Å². The molecule has 3 heterocycles. The summed E-state index contributed by atoms with van der Waals surface area (Å²) in [5.74, 6) is 2.18. The molecule has 2 aromatic heterocycles. The normalized spacial score (nSPS) is 22.3. The van der Waals surface area contributed by atoms with E-state index in [2.05, 4.69) is 28.5 Å². The standard InChI is InChI=1S/C21H23N3O2S.2ClH/c1-26-18-4-2-3-15-14(18)6-5-13-11-22-17(19(13)15)7-9-24-12-23-20-16(21(24)25)8-10-27-20;;/h2-4,8,10,12-13,17,19,22H,5-7,9,11H2,1H3;2*1H/t13-,17?,19+;;/m0../s1. The van der Waals surface area contributed by atoms with Crippen molar-refractivity contribution >= 4 is 46.4 Å². The van der Waals surface area contributed by atoms with E-state index in [-0.39, 0.29) is 30.4 Å². The zero-order valence-corrected chi connectivity index (χ0v) is 18.6. The van der Waals surface area contributed by atoms with Gasteiger partial charge in [-0.1, -0.05) is 12.1 Å². The smallest absolute Gasteiger partial charge is 0.262 e. The average Bonchev–Trinajstić information content (AvgIpc) is 3.34. The number of nitrogens with zero attached hydrogens (tertiary/aromatic N) is 2. The maximum Gasteiger partial charge on any atom is 0.262 e. The van der Waals surface area contributed by atoms with Crippen molar-refractivity contribution in [2.45, 2.75) is 37.8 Å². The van der Waals surface area contributed by atoms with E-state index in [1.807, 2.05) is 11.4 Å². The van der Waals surface area contributed by atoms with Crippen molar-refractivity contribution < 1.29 is 4.74 Å². The molecule has 1 aliphatic carbocycles. The van der Waals surface area contributed by atoms with E-state index in [0.29, 0.717) is 24.4 Å². The predicted molar refractivity (Wildman–Crippen MR) is 122 cm³/mol. The minimum absolute atomic E-state index is 0. The number of benzene rings is 1. The highest BCUT2D eigenvalue weighted by Crippen LogP contribution is 2.45. The molecular formula is C21H25Cl2N3O2S. The Balaban J connectivity index is 0.00000120. The Hall–Kier alpha value is -1.60. The first-order valence-corrected chi connectivity index (χ1v) is 10.5. The number of methoxy groups -OCH3 is 1. The van der Waals surface area contributed by atoms with E-state index in [0.717, 1.165) is 35.4 Å². The molecule has 5 rings (SSSR count). The SMILES string of the molecule is COc1cccc2c1CC[C@H]1CNC(CCn3cnc4sccc4c3=O)[C@@H]21.Cl.Cl. The Morgan fingerprint density at radius 2 is 2.17 bits per heavy atom. The summed E-state index contributed by atoms with van der Waals surface area (Å²) in [5, 5.41) is 6.38. The van der Waals surface area contributed by atoms with Crippen molar-refractivity contribution in [1.29, 1.82) is 0 Å². The first-order valence-electron chi connectivity index (χ1n) is 9.58. The van der Waals surface area contributed by atoms with Gasteiger partial charge in [0.15, 0.2) is 0 Å². The van der Waals surface area contributed by atoms with Gasteiger partial charge in [0, 0.05) is 18.5 Å². The highest BCUT2D eigenvalue weighted by Gasteiger charge is 2.40. The third kappa shape index (κ3) is 3.79. The van der Waals surface area contributed by atoms with Crippen LogP contribution in [0.25, 0.3) is 10.2 Å². The molecule has 3 aromatic rings. The molecule has 1 saturated heterocycles. The third-order valence-electron chi connectivity index (χ3n) is 6.23. The van der Waals surface area contributed by atoms with E-state index in [1.165, 1.54) is 28.9 Å². The fourth-order valence-corrected chi connectivity index (χ4v) is 5.66. The summed E-state index contributed by atoms with van der Waals surface area (Å²) in [6.07, 6.45) is 4.91. The second kappa shape index (κ2) is 9.04. The Bertz CT molecular complexity index is 1050. The van der Waals surface area contributed by atoms with Crippen LogP contribution in [0.2, 0.25) is 0 Å². The van der Waals surface area contributed by atoms with Crippen molar-refractivity contribution in [2.75, 3.05) is 13.7 Å². The number of fused-ring (bicyclic) bond motifs is 4. The maximum atomic E-state index is 12.7. The molecule has 1 aromatic carbocycles. The molecule has 0 spiro atoms. The van der Waals surface area contributed by atoms with Crippen LogP contribution in [0.4, 0.5) is 0 Å². The van der Waals surface area contributed by atoms with Gasteiger partial charge in [0.05, 0.1) is 18.8 Å². The lowest BCUT2D eigenvalue weighted by atomic mass is 9.73. The number of hydrogen-bond donors (Lipinski definition) is 1. The van der Waals surface area contributed by atoms with Gasteiger partial charge in [0.1, 0.15) is 10.6 Å². The van der Waals surface area contributed by atoms with Crippen molar-refractivity contribution in [3.63, 3.8) is 0 Å². The largest absolute Gasteiger partial charge is 0.496 e. The van der Waals surface area contributed by atoms with Gasteiger partial charge < -0.3 is 10.1 Å². The van der Waals surface area contributed by atoms with Crippen molar-refractivity contribution in [3.8, 4) is 5.75 Å². The van der Waals surface area contributed by atoms with Crippen LogP contribution in [0, 0.1) is 5.92 Å². The molecular weight excluding hydrogens is 429 g/mol. The van der Waals surface area contributed by atoms with E-state index < -0.39 is 0 Å². The molecule has 156 valence electrons. The summed E-state index contributed by atoms with van der Waals surface area (Å²) in [4.78, 5) is 17.9. The molecule has 29 heavy (non-hydrogen) atoms. The minimum atomic E-state index is 0. The zero-order valence-electron chi connectivity index (χ0n) is 16.2. The van der Waals surface area contributed by atoms with Gasteiger partial charge in [0.2, 0.25) is 0 Å². The van der Waals surface area contributed by atoms with Gasteiger partial charge in [-0.25, -0.2) is 4.98 Å². The summed E-state index contributed by atoms with van der Waals surface area (Å²) in [6.45, 7) is 1.75. The Labute approximate surface area is 186 Å². The second-order valence-electron chi connectivity index (χ2n) is 7.54. The lowest BCUT2D eigenvalue weighted by Gasteiger charge is -2.32. The van der Waals surface area contributed by atoms with Crippen LogP contribution in [0.1, 0.15) is 29.9 Å². The van der Waals surface area contributed by atoms with Gasteiger partial charge in [-0.2, -0.15) is 0 Å². The summed E-state index contributed by atoms with van der Waals surface area (Å²) in [7, 11) is 1.76. The van der Waals surface area contributed by atoms with Crippen LogP contribution in [-0.4, -0.2) is 29.2 Å². The molecule has 8 heteroatoms. The van der Waals surface area contributed by atoms with Gasteiger partial charge >= 0.3 is 0 Å². The highest BCUT2D eigenvalue weighted by molar-refractivity contribution is 7.16. The van der Waals surface area contributed by atoms with Crippen LogP contribution in [0.3, 0.4) is 0 Å². The number of aromatic nitrogens is 2. The third-order valence-corrected chi connectivity index (χ3v) is 7.05. The molecule has 1 N–H and O–H groups in total. The van der Waals surface area contributed by atoms with Crippen molar-refractivity contribution in [2.24, 2.45) is 5.92 Å². The monoisotopic (exact) mass is 453 g/mol. The molecule has 0 radical (unpaired) electrons. The lowest BCUT2D eigenvalue weighted by molar-refractivity contribution is 0.371. The Morgan fingerprint density at radius 1 is 1.31 bits per heavy atom. The van der Waals surface area contributed by atoms with E-state index in [9.17, 15) is 4.79 Å². The number of aryl methyl sites for hydroxylation is 1. The van der Waals surface area contributed by atoms with Crippen molar-refractivity contribution in [3.05, 3.63) is 57.5 Å². The predicted octanol–water partition coefficient (Wildman–Crippen LogP) is 4.02. The first-order chi connectivity index (χ1) is 13.3. The van der Waals surface area contributed by atoms with E-state index >= 15 is 0 Å². The molecule has 0 amide bonds. The first kappa shape index (κ1) is 22.1.